The van der Waals surface area contributed by atoms with Gasteiger partial charge in [-0.15, -0.1) is 12.4 Å². The van der Waals surface area contributed by atoms with Crippen LogP contribution in [0.4, 0.5) is 5.69 Å². The lowest BCUT2D eigenvalue weighted by Crippen LogP contribution is -2.32. The molecule has 0 aromatic heterocycles. The molecule has 2 heterocycles. The van der Waals surface area contributed by atoms with Gasteiger partial charge in [0.15, 0.2) is 11.5 Å². The van der Waals surface area contributed by atoms with Gasteiger partial charge >= 0.3 is 0 Å². The van der Waals surface area contributed by atoms with Crippen LogP contribution in [0.2, 0.25) is 0 Å². The second-order valence-electron chi connectivity index (χ2n) is 7.18. The zero-order valence-electron chi connectivity index (χ0n) is 16.4. The third-order valence-corrected chi connectivity index (χ3v) is 5.92. The molecule has 0 radical (unpaired) electrons. The van der Waals surface area contributed by atoms with E-state index < -0.39 is 10.0 Å². The Morgan fingerprint density at radius 1 is 1.14 bits per heavy atom. The van der Waals surface area contributed by atoms with Crippen molar-refractivity contribution in [3.05, 3.63) is 17.7 Å². The molecule has 0 bridgehead atoms. The van der Waals surface area contributed by atoms with Gasteiger partial charge in [0, 0.05) is 18.7 Å². The lowest BCUT2D eigenvalue weighted by atomic mass is 9.92. The number of benzene rings is 1. The minimum atomic E-state index is -3.54. The molecule has 2 aliphatic heterocycles. The number of likely N-dealkylation sites (tertiary alicyclic amines) is 1. The second kappa shape index (κ2) is 9.19. The molecule has 8 nitrogen and oxygen atoms in total. The third kappa shape index (κ3) is 5.01. The fourth-order valence-corrected chi connectivity index (χ4v) is 4.52. The summed E-state index contributed by atoms with van der Waals surface area (Å²) in [5.41, 5.74) is 0.572. The number of nitrogens with one attached hydrogen (secondary N) is 2. The number of rotatable bonds is 5. The molecule has 2 N–H and O–H groups in total. The predicted molar refractivity (Wildman–Crippen MR) is 110 cm³/mol. The van der Waals surface area contributed by atoms with E-state index in [1.165, 1.54) is 20.3 Å². The molecule has 10 heteroatoms. The van der Waals surface area contributed by atoms with Gasteiger partial charge in [-0.25, -0.2) is 8.42 Å². The molecule has 2 atom stereocenters. The topological polar surface area (TPSA) is 97.0 Å². The van der Waals surface area contributed by atoms with Crippen LogP contribution in [0.5, 0.6) is 11.5 Å². The number of carbonyl (C=O) groups is 1. The standard InChI is InChI=1S/C18H27N3O5S.ClH/c1-25-16-9-14(8-15(17(16)26-2)20-27(3,23)24)18(22)21-6-4-12-10-19-11-13(12)5-7-21;/h8-9,12-13,19-20H,4-7,10-11H2,1-3H3;1H/t12-,13+;. The Bertz CT molecular complexity index is 804. The quantitative estimate of drug-likeness (QED) is 0.731. The highest BCUT2D eigenvalue weighted by Crippen LogP contribution is 2.38. The molecule has 1 amide bonds. The van der Waals surface area contributed by atoms with Crippen molar-refractivity contribution in [2.24, 2.45) is 11.8 Å². The van der Waals surface area contributed by atoms with E-state index in [0.29, 0.717) is 36.2 Å². The van der Waals surface area contributed by atoms with Crippen molar-refractivity contribution in [3.8, 4) is 11.5 Å². The van der Waals surface area contributed by atoms with Crippen LogP contribution in [-0.2, 0) is 10.0 Å². The summed E-state index contributed by atoms with van der Waals surface area (Å²) < 4.78 is 36.4. The van der Waals surface area contributed by atoms with Crippen molar-refractivity contribution in [1.82, 2.24) is 10.2 Å². The maximum absolute atomic E-state index is 13.1. The first-order chi connectivity index (χ1) is 12.8. The van der Waals surface area contributed by atoms with Crippen molar-refractivity contribution >= 4 is 34.0 Å². The van der Waals surface area contributed by atoms with Crippen LogP contribution < -0.4 is 19.5 Å². The van der Waals surface area contributed by atoms with Crippen LogP contribution in [0, 0.1) is 11.8 Å². The first-order valence-electron chi connectivity index (χ1n) is 9.06. The van der Waals surface area contributed by atoms with Crippen molar-refractivity contribution in [2.45, 2.75) is 12.8 Å². The van der Waals surface area contributed by atoms with E-state index in [-0.39, 0.29) is 29.8 Å². The summed E-state index contributed by atoms with van der Waals surface area (Å²) >= 11 is 0. The molecule has 0 unspecified atom stereocenters. The number of amides is 1. The van der Waals surface area contributed by atoms with Crippen molar-refractivity contribution in [1.29, 1.82) is 0 Å². The van der Waals surface area contributed by atoms with Gasteiger partial charge in [-0.3, -0.25) is 9.52 Å². The highest BCUT2D eigenvalue weighted by Gasteiger charge is 2.32. The Hall–Kier alpha value is -1.71. The molecule has 158 valence electrons. The van der Waals surface area contributed by atoms with E-state index in [0.717, 1.165) is 32.2 Å². The van der Waals surface area contributed by atoms with Gasteiger partial charge in [-0.05, 0) is 49.9 Å². The SMILES string of the molecule is COc1cc(C(=O)N2CC[C@@H]3CNC[C@@H]3CC2)cc(NS(C)(=O)=O)c1OC.Cl. The lowest BCUT2D eigenvalue weighted by Gasteiger charge is -2.22. The number of methoxy groups -OCH3 is 2. The van der Waals surface area contributed by atoms with Crippen LogP contribution >= 0.6 is 12.4 Å². The van der Waals surface area contributed by atoms with Gasteiger partial charge in [0.05, 0.1) is 26.2 Å². The summed E-state index contributed by atoms with van der Waals surface area (Å²) in [5, 5.41) is 3.43. The molecule has 2 fully saturated rings. The van der Waals surface area contributed by atoms with Crippen LogP contribution in [0.15, 0.2) is 12.1 Å². The Balaban J connectivity index is 0.00000280. The summed E-state index contributed by atoms with van der Waals surface area (Å²) in [6.45, 7) is 3.44. The number of carbonyl (C=O) groups excluding carboxylic acids is 1. The van der Waals surface area contributed by atoms with E-state index in [9.17, 15) is 13.2 Å². The van der Waals surface area contributed by atoms with Gasteiger partial charge < -0.3 is 19.7 Å². The predicted octanol–water partition coefficient (Wildman–Crippen LogP) is 1.57. The summed E-state index contributed by atoms with van der Waals surface area (Å²) in [4.78, 5) is 14.9. The van der Waals surface area contributed by atoms with Gasteiger partial charge in [0.25, 0.3) is 5.91 Å². The average molecular weight is 434 g/mol. The molecule has 28 heavy (non-hydrogen) atoms. The third-order valence-electron chi connectivity index (χ3n) is 5.33. The van der Waals surface area contributed by atoms with Crippen LogP contribution in [0.3, 0.4) is 0 Å². The Morgan fingerprint density at radius 2 is 1.75 bits per heavy atom. The number of nitrogens with zero attached hydrogens (tertiary/aromatic N) is 1. The fraction of sp³-hybridized carbons (Fsp3) is 0.611. The van der Waals surface area contributed by atoms with E-state index in [4.69, 9.17) is 9.47 Å². The number of ether oxygens (including phenoxy) is 2. The Morgan fingerprint density at radius 3 is 2.25 bits per heavy atom. The molecule has 2 saturated heterocycles. The molecule has 2 aliphatic rings. The molecule has 1 aromatic carbocycles. The highest BCUT2D eigenvalue weighted by molar-refractivity contribution is 7.92. The first kappa shape index (κ1) is 22.6. The molecule has 0 spiro atoms. The largest absolute Gasteiger partial charge is 0.493 e. The van der Waals surface area contributed by atoms with Crippen LogP contribution in [0.25, 0.3) is 0 Å². The monoisotopic (exact) mass is 433 g/mol. The molecule has 1 aromatic rings. The van der Waals surface area contributed by atoms with Crippen molar-refractivity contribution in [2.75, 3.05) is 51.4 Å². The molecule has 3 rings (SSSR count). The van der Waals surface area contributed by atoms with E-state index in [1.807, 2.05) is 4.90 Å². The first-order valence-corrected chi connectivity index (χ1v) is 11.0. The van der Waals surface area contributed by atoms with Gasteiger partial charge in [0.1, 0.15) is 0 Å². The van der Waals surface area contributed by atoms with Crippen molar-refractivity contribution < 1.29 is 22.7 Å². The Labute approximate surface area is 172 Å². The van der Waals surface area contributed by atoms with Gasteiger partial charge in [-0.2, -0.15) is 0 Å². The molecule has 0 saturated carbocycles. The average Bonchev–Trinajstić information content (AvgIpc) is 2.97. The molecular formula is C18H28ClN3O5S. The summed E-state index contributed by atoms with van der Waals surface area (Å²) in [6.07, 6.45) is 3.01. The number of sulfonamides is 1. The lowest BCUT2D eigenvalue weighted by molar-refractivity contribution is 0.0758. The second-order valence-corrected chi connectivity index (χ2v) is 8.93. The summed E-state index contributed by atoms with van der Waals surface area (Å²) in [6, 6.07) is 3.11. The highest BCUT2D eigenvalue weighted by atomic mass is 35.5. The number of hydrogen-bond acceptors (Lipinski definition) is 6. The summed E-state index contributed by atoms with van der Waals surface area (Å²) in [5.74, 6) is 1.67. The maximum Gasteiger partial charge on any atom is 0.254 e. The normalized spacial score (nSPS) is 21.9. The minimum Gasteiger partial charge on any atom is -0.493 e. The minimum absolute atomic E-state index is 0. The zero-order chi connectivity index (χ0) is 19.6. The van der Waals surface area contributed by atoms with Gasteiger partial charge in [-0.1, -0.05) is 0 Å². The molecule has 0 aliphatic carbocycles. The molecular weight excluding hydrogens is 406 g/mol. The van der Waals surface area contributed by atoms with E-state index in [1.54, 1.807) is 6.07 Å². The number of fused-ring (bicyclic) bond motifs is 1. The number of anilines is 1. The van der Waals surface area contributed by atoms with Gasteiger partial charge in [0.2, 0.25) is 10.0 Å². The van der Waals surface area contributed by atoms with Crippen LogP contribution in [0.1, 0.15) is 23.2 Å². The van der Waals surface area contributed by atoms with E-state index in [2.05, 4.69) is 10.0 Å². The fourth-order valence-electron chi connectivity index (χ4n) is 3.97. The number of halogens is 1. The zero-order valence-corrected chi connectivity index (χ0v) is 18.0. The summed E-state index contributed by atoms with van der Waals surface area (Å²) in [7, 11) is -0.656. The van der Waals surface area contributed by atoms with E-state index >= 15 is 0 Å². The van der Waals surface area contributed by atoms with Crippen molar-refractivity contribution in [3.63, 3.8) is 0 Å². The Kier molecular flexibility index (Phi) is 7.41. The smallest absolute Gasteiger partial charge is 0.254 e. The van der Waals surface area contributed by atoms with Crippen LogP contribution in [-0.4, -0.2) is 65.9 Å². The number of hydrogen-bond donors (Lipinski definition) is 2. The maximum atomic E-state index is 13.1.